The first kappa shape index (κ1) is 19.7. The predicted octanol–water partition coefficient (Wildman–Crippen LogP) is 5.33. The highest BCUT2D eigenvalue weighted by Gasteiger charge is 2.33. The van der Waals surface area contributed by atoms with Gasteiger partial charge < -0.3 is 5.11 Å². The number of nitrogens with zero attached hydrogens (tertiary/aromatic N) is 2. The minimum Gasteiger partial charge on any atom is -0.478 e. The second-order valence-electron chi connectivity index (χ2n) is 6.60. The maximum Gasteiger partial charge on any atom is 0.337 e. The number of thioether (sulfide) groups is 1. The first-order valence-corrected chi connectivity index (χ1v) is 10.1. The Bertz CT molecular complexity index is 1220. The van der Waals surface area contributed by atoms with E-state index in [-0.39, 0.29) is 18.0 Å². The molecule has 30 heavy (non-hydrogen) atoms. The van der Waals surface area contributed by atoms with E-state index in [4.69, 9.17) is 0 Å². The van der Waals surface area contributed by atoms with Crippen molar-refractivity contribution in [2.24, 2.45) is 4.99 Å². The van der Waals surface area contributed by atoms with Crippen molar-refractivity contribution in [2.75, 3.05) is 6.54 Å². The highest BCUT2D eigenvalue weighted by molar-refractivity contribution is 8.18. The van der Waals surface area contributed by atoms with Crippen molar-refractivity contribution in [1.29, 1.82) is 0 Å². The van der Waals surface area contributed by atoms with Gasteiger partial charge in [0.05, 0.1) is 16.2 Å². The van der Waals surface area contributed by atoms with Gasteiger partial charge in [-0.05, 0) is 46.3 Å². The van der Waals surface area contributed by atoms with Crippen LogP contribution in [0.2, 0.25) is 0 Å². The van der Waals surface area contributed by atoms with Crippen LogP contribution in [0, 0.1) is 0 Å². The number of amidine groups is 1. The van der Waals surface area contributed by atoms with Crippen LogP contribution in [0.5, 0.6) is 0 Å². The lowest BCUT2D eigenvalue weighted by atomic mass is 10.0. The van der Waals surface area contributed by atoms with Gasteiger partial charge in [-0.1, -0.05) is 60.7 Å². The third-order valence-corrected chi connectivity index (χ3v) is 5.67. The van der Waals surface area contributed by atoms with Crippen LogP contribution < -0.4 is 0 Å². The predicted molar refractivity (Wildman–Crippen MR) is 122 cm³/mol. The zero-order valence-corrected chi connectivity index (χ0v) is 16.8. The fourth-order valence-corrected chi connectivity index (χ4v) is 4.25. The van der Waals surface area contributed by atoms with Crippen LogP contribution in [0.4, 0.5) is 5.69 Å². The number of amides is 1. The molecule has 6 heteroatoms. The largest absolute Gasteiger partial charge is 0.478 e. The van der Waals surface area contributed by atoms with E-state index >= 15 is 0 Å². The smallest absolute Gasteiger partial charge is 0.337 e. The number of aliphatic imine (C=N–C) groups is 1. The average Bonchev–Trinajstić information content (AvgIpc) is 3.03. The molecule has 0 aliphatic carbocycles. The Morgan fingerprint density at radius 1 is 1.07 bits per heavy atom. The Kier molecular flexibility index (Phi) is 5.50. The first-order chi connectivity index (χ1) is 14.6. The number of hydrogen-bond donors (Lipinski definition) is 1. The maximum atomic E-state index is 13.0. The summed E-state index contributed by atoms with van der Waals surface area (Å²) in [5.74, 6) is -1.24. The number of hydrogen-bond acceptors (Lipinski definition) is 4. The number of fused-ring (bicyclic) bond motifs is 1. The van der Waals surface area contributed by atoms with E-state index in [0.29, 0.717) is 15.8 Å². The summed E-state index contributed by atoms with van der Waals surface area (Å²) in [6.07, 6.45) is 3.48. The van der Waals surface area contributed by atoms with Gasteiger partial charge in [0.1, 0.15) is 0 Å². The van der Waals surface area contributed by atoms with Gasteiger partial charge in [-0.25, -0.2) is 9.79 Å². The fraction of sp³-hybridized carbons (Fsp3) is 0.0417. The zero-order valence-electron chi connectivity index (χ0n) is 16.0. The molecular formula is C24H18N2O3S. The molecule has 1 amide bonds. The molecular weight excluding hydrogens is 396 g/mol. The number of carboxylic acids is 1. The Labute approximate surface area is 178 Å². The van der Waals surface area contributed by atoms with Crippen LogP contribution in [0.1, 0.15) is 15.9 Å². The number of benzene rings is 3. The number of rotatable bonds is 5. The monoisotopic (exact) mass is 414 g/mol. The van der Waals surface area contributed by atoms with Gasteiger partial charge in [0.25, 0.3) is 5.91 Å². The summed E-state index contributed by atoms with van der Waals surface area (Å²) >= 11 is 1.23. The molecule has 148 valence electrons. The summed E-state index contributed by atoms with van der Waals surface area (Å²) in [4.78, 5) is 31.1. The van der Waals surface area contributed by atoms with Crippen LogP contribution in [0.25, 0.3) is 16.8 Å². The molecule has 3 aromatic rings. The molecule has 0 saturated carbocycles. The molecule has 1 saturated heterocycles. The molecule has 0 radical (unpaired) electrons. The lowest BCUT2D eigenvalue weighted by molar-refractivity contribution is -0.121. The summed E-state index contributed by atoms with van der Waals surface area (Å²) in [5.41, 5.74) is 1.33. The zero-order chi connectivity index (χ0) is 21.1. The van der Waals surface area contributed by atoms with Crippen LogP contribution in [0.3, 0.4) is 0 Å². The molecule has 0 atom stereocenters. The Hall–Kier alpha value is -3.64. The van der Waals surface area contributed by atoms with Crippen LogP contribution >= 0.6 is 11.8 Å². The van der Waals surface area contributed by atoms with Crippen LogP contribution in [-0.2, 0) is 4.79 Å². The Balaban J connectivity index is 1.78. The topological polar surface area (TPSA) is 70.0 Å². The number of carbonyl (C=O) groups is 2. The Morgan fingerprint density at radius 3 is 2.60 bits per heavy atom. The molecule has 1 aliphatic heterocycles. The van der Waals surface area contributed by atoms with Gasteiger partial charge in [-0.15, -0.1) is 6.58 Å². The van der Waals surface area contributed by atoms with E-state index in [9.17, 15) is 14.7 Å². The normalized spacial score (nSPS) is 16.5. The number of para-hydroxylation sites is 1. The van der Waals surface area contributed by atoms with Crippen molar-refractivity contribution < 1.29 is 14.7 Å². The van der Waals surface area contributed by atoms with Crippen molar-refractivity contribution >= 4 is 51.3 Å². The number of aromatic carboxylic acids is 1. The average molecular weight is 414 g/mol. The van der Waals surface area contributed by atoms with Crippen molar-refractivity contribution in [3.8, 4) is 0 Å². The summed E-state index contributed by atoms with van der Waals surface area (Å²) in [6, 6.07) is 20.4. The van der Waals surface area contributed by atoms with Crippen molar-refractivity contribution in [3.63, 3.8) is 0 Å². The maximum absolute atomic E-state index is 13.0. The van der Waals surface area contributed by atoms with Gasteiger partial charge in [-0.2, -0.15) is 0 Å². The van der Waals surface area contributed by atoms with Crippen molar-refractivity contribution in [1.82, 2.24) is 4.90 Å². The molecule has 0 bridgehead atoms. The van der Waals surface area contributed by atoms with Gasteiger partial charge >= 0.3 is 5.97 Å². The molecule has 5 nitrogen and oxygen atoms in total. The standard InChI is InChI=1S/C24H18N2O3S/c1-2-14-26-22(27)21(15-17-10-7-9-16-8-3-4-11-18(16)17)30-24(26)25-20-13-6-5-12-19(20)23(28)29/h2-13,15H,1,14H2,(H,28,29)/b21-15-,25-24?. The molecule has 1 aliphatic rings. The molecule has 3 aromatic carbocycles. The number of carbonyl (C=O) groups excluding carboxylic acids is 1. The summed E-state index contributed by atoms with van der Waals surface area (Å²) < 4.78 is 0. The third-order valence-electron chi connectivity index (χ3n) is 4.66. The fourth-order valence-electron chi connectivity index (χ4n) is 3.25. The SMILES string of the molecule is C=CCN1C(=O)/C(=C/c2cccc3ccccc23)SC1=Nc1ccccc1C(=O)O. The van der Waals surface area contributed by atoms with Gasteiger partial charge in [0, 0.05) is 6.54 Å². The lowest BCUT2D eigenvalue weighted by Crippen LogP contribution is -2.29. The molecule has 1 N–H and O–H groups in total. The second kappa shape index (κ2) is 8.39. The highest BCUT2D eigenvalue weighted by Crippen LogP contribution is 2.35. The molecule has 0 aromatic heterocycles. The van der Waals surface area contributed by atoms with E-state index in [0.717, 1.165) is 16.3 Å². The molecule has 0 unspecified atom stereocenters. The van der Waals surface area contributed by atoms with Crippen LogP contribution in [-0.4, -0.2) is 33.6 Å². The molecule has 4 rings (SSSR count). The molecule has 1 heterocycles. The quantitative estimate of drug-likeness (QED) is 0.453. The third kappa shape index (κ3) is 3.77. The highest BCUT2D eigenvalue weighted by atomic mass is 32.2. The minimum absolute atomic E-state index is 0.0862. The van der Waals surface area contributed by atoms with E-state index in [1.54, 1.807) is 24.3 Å². The van der Waals surface area contributed by atoms with E-state index in [1.165, 1.54) is 22.7 Å². The molecule has 1 fully saturated rings. The van der Waals surface area contributed by atoms with E-state index in [1.807, 2.05) is 48.5 Å². The Morgan fingerprint density at radius 2 is 1.80 bits per heavy atom. The van der Waals surface area contributed by atoms with Gasteiger partial charge in [0.15, 0.2) is 5.17 Å². The number of carboxylic acid groups (broad SMARTS) is 1. The lowest BCUT2D eigenvalue weighted by Gasteiger charge is -2.13. The van der Waals surface area contributed by atoms with Crippen LogP contribution in [0.15, 0.2) is 89.3 Å². The van der Waals surface area contributed by atoms with E-state index in [2.05, 4.69) is 11.6 Å². The second-order valence-corrected chi connectivity index (χ2v) is 7.61. The minimum atomic E-state index is -1.06. The van der Waals surface area contributed by atoms with E-state index < -0.39 is 5.97 Å². The summed E-state index contributed by atoms with van der Waals surface area (Å²) in [7, 11) is 0. The summed E-state index contributed by atoms with van der Waals surface area (Å²) in [5, 5.41) is 12.0. The van der Waals surface area contributed by atoms with Crippen molar-refractivity contribution in [3.05, 3.63) is 95.4 Å². The van der Waals surface area contributed by atoms with Gasteiger partial charge in [-0.3, -0.25) is 9.69 Å². The first-order valence-electron chi connectivity index (χ1n) is 9.29. The summed E-state index contributed by atoms with van der Waals surface area (Å²) in [6.45, 7) is 4.01. The molecule has 0 spiro atoms. The van der Waals surface area contributed by atoms with Gasteiger partial charge in [0.2, 0.25) is 0 Å². The van der Waals surface area contributed by atoms with Crippen molar-refractivity contribution in [2.45, 2.75) is 0 Å².